The molecule has 0 atom stereocenters. The Hall–Kier alpha value is -0.960. The van der Waals surface area contributed by atoms with E-state index in [9.17, 15) is 4.79 Å². The van der Waals surface area contributed by atoms with Crippen molar-refractivity contribution >= 4 is 11.5 Å². The van der Waals surface area contributed by atoms with Crippen LogP contribution in [0.1, 0.15) is 6.92 Å². The molecule has 10 heavy (non-hydrogen) atoms. The van der Waals surface area contributed by atoms with Gasteiger partial charge in [0.1, 0.15) is 5.71 Å². The predicted molar refractivity (Wildman–Crippen MR) is 38.2 cm³/mol. The summed E-state index contributed by atoms with van der Waals surface area (Å²) in [5.74, 6) is -0.161. The highest BCUT2D eigenvalue weighted by Crippen LogP contribution is 2.01. The van der Waals surface area contributed by atoms with E-state index in [-0.39, 0.29) is 18.1 Å². The molecule has 0 radical (unpaired) electrons. The van der Waals surface area contributed by atoms with Crippen molar-refractivity contribution < 1.29 is 9.90 Å². The fraction of sp³-hybridized carbons (Fsp3) is 0.429. The molecule has 1 heterocycles. The maximum Gasteiger partial charge on any atom is 0.201 e. The van der Waals surface area contributed by atoms with E-state index in [4.69, 9.17) is 5.11 Å². The number of nitrogens with zero attached hydrogens (tertiary/aromatic N) is 1. The van der Waals surface area contributed by atoms with Crippen molar-refractivity contribution in [2.45, 2.75) is 6.92 Å². The van der Waals surface area contributed by atoms with Gasteiger partial charge in [-0.1, -0.05) is 0 Å². The maximum atomic E-state index is 10.9. The largest absolute Gasteiger partial charge is 0.390 e. The summed E-state index contributed by atoms with van der Waals surface area (Å²) in [7, 11) is 0. The highest BCUT2D eigenvalue weighted by Gasteiger charge is 2.11. The third-order valence-corrected chi connectivity index (χ3v) is 1.33. The summed E-state index contributed by atoms with van der Waals surface area (Å²) in [5, 5.41) is 8.57. The lowest BCUT2D eigenvalue weighted by molar-refractivity contribution is -0.109. The van der Waals surface area contributed by atoms with Crippen molar-refractivity contribution in [1.82, 2.24) is 0 Å². The number of ketones is 1. The summed E-state index contributed by atoms with van der Waals surface area (Å²) in [6.07, 6.45) is 1.51. The normalized spacial score (nSPS) is 18.4. The van der Waals surface area contributed by atoms with Gasteiger partial charge < -0.3 is 5.11 Å². The SMILES string of the molecule is CC1=CC(=O)C(CO)=NC1. The number of hydrogen-bond acceptors (Lipinski definition) is 3. The smallest absolute Gasteiger partial charge is 0.201 e. The van der Waals surface area contributed by atoms with Crippen LogP contribution in [0.3, 0.4) is 0 Å². The monoisotopic (exact) mass is 139 g/mol. The van der Waals surface area contributed by atoms with Gasteiger partial charge in [-0.2, -0.15) is 0 Å². The molecule has 0 aromatic heterocycles. The quantitative estimate of drug-likeness (QED) is 0.553. The Bertz CT molecular complexity index is 216. The molecule has 0 bridgehead atoms. The molecule has 3 heteroatoms. The number of aliphatic hydroxyl groups is 1. The van der Waals surface area contributed by atoms with Gasteiger partial charge in [-0.3, -0.25) is 9.79 Å². The lowest BCUT2D eigenvalue weighted by Crippen LogP contribution is -2.20. The zero-order valence-electron chi connectivity index (χ0n) is 5.79. The van der Waals surface area contributed by atoms with Crippen LogP contribution in [0.5, 0.6) is 0 Å². The molecule has 0 amide bonds. The molecule has 0 unspecified atom stereocenters. The van der Waals surface area contributed by atoms with Crippen molar-refractivity contribution in [3.05, 3.63) is 11.6 Å². The number of aliphatic hydroxyl groups excluding tert-OH is 1. The Kier molecular flexibility index (Phi) is 1.97. The molecule has 54 valence electrons. The van der Waals surface area contributed by atoms with Crippen LogP contribution in [0, 0.1) is 0 Å². The number of hydrogen-bond donors (Lipinski definition) is 1. The van der Waals surface area contributed by atoms with Crippen LogP contribution in [0.15, 0.2) is 16.6 Å². The molecule has 0 spiro atoms. The maximum absolute atomic E-state index is 10.9. The Labute approximate surface area is 59.1 Å². The zero-order chi connectivity index (χ0) is 7.56. The summed E-state index contributed by atoms with van der Waals surface area (Å²) in [6, 6.07) is 0. The van der Waals surface area contributed by atoms with Crippen molar-refractivity contribution in [1.29, 1.82) is 0 Å². The van der Waals surface area contributed by atoms with Crippen LogP contribution in [-0.2, 0) is 4.79 Å². The number of carbonyl (C=O) groups is 1. The summed E-state index contributed by atoms with van der Waals surface area (Å²) >= 11 is 0. The molecule has 0 aromatic rings. The van der Waals surface area contributed by atoms with Gasteiger partial charge in [0.2, 0.25) is 5.78 Å². The Morgan fingerprint density at radius 1 is 1.80 bits per heavy atom. The van der Waals surface area contributed by atoms with Gasteiger partial charge in [-0.25, -0.2) is 0 Å². The minimum atomic E-state index is -0.247. The van der Waals surface area contributed by atoms with Gasteiger partial charge in [0.15, 0.2) is 0 Å². The van der Waals surface area contributed by atoms with E-state index >= 15 is 0 Å². The Morgan fingerprint density at radius 3 is 3.00 bits per heavy atom. The highest BCUT2D eigenvalue weighted by molar-refractivity contribution is 6.45. The molecule has 1 rings (SSSR count). The minimum absolute atomic E-state index is 0.161. The predicted octanol–water partition coefficient (Wildman–Crippen LogP) is -0.0513. The number of carbonyl (C=O) groups excluding carboxylic acids is 1. The van der Waals surface area contributed by atoms with Crippen LogP contribution in [0.4, 0.5) is 0 Å². The molecule has 0 aliphatic carbocycles. The van der Waals surface area contributed by atoms with Gasteiger partial charge >= 0.3 is 0 Å². The average molecular weight is 139 g/mol. The second-order valence-corrected chi connectivity index (χ2v) is 2.28. The first-order valence-corrected chi connectivity index (χ1v) is 3.09. The van der Waals surface area contributed by atoms with Crippen molar-refractivity contribution in [2.24, 2.45) is 4.99 Å². The first kappa shape index (κ1) is 7.15. The van der Waals surface area contributed by atoms with Gasteiger partial charge in [-0.15, -0.1) is 0 Å². The lowest BCUT2D eigenvalue weighted by atomic mass is 10.1. The molecule has 0 saturated heterocycles. The molecule has 1 aliphatic rings. The van der Waals surface area contributed by atoms with E-state index in [0.29, 0.717) is 6.54 Å². The summed E-state index contributed by atoms with van der Waals surface area (Å²) in [5.41, 5.74) is 1.22. The van der Waals surface area contributed by atoms with E-state index in [1.165, 1.54) is 6.08 Å². The first-order valence-electron chi connectivity index (χ1n) is 3.09. The minimum Gasteiger partial charge on any atom is -0.390 e. The van der Waals surface area contributed by atoms with Crippen LogP contribution >= 0.6 is 0 Å². The molecule has 0 aromatic carbocycles. The number of rotatable bonds is 1. The van der Waals surface area contributed by atoms with Crippen LogP contribution < -0.4 is 0 Å². The van der Waals surface area contributed by atoms with E-state index in [1.807, 2.05) is 6.92 Å². The van der Waals surface area contributed by atoms with Gasteiger partial charge in [0.25, 0.3) is 0 Å². The molecule has 3 nitrogen and oxygen atoms in total. The average Bonchev–Trinajstić information content (AvgIpc) is 1.88. The fourth-order valence-corrected chi connectivity index (χ4v) is 0.779. The molecular formula is C7H9NO2. The fourth-order valence-electron chi connectivity index (χ4n) is 0.779. The van der Waals surface area contributed by atoms with Gasteiger partial charge in [-0.05, 0) is 18.6 Å². The summed E-state index contributed by atoms with van der Waals surface area (Å²) in [6.45, 7) is 2.14. The van der Waals surface area contributed by atoms with Gasteiger partial charge in [0.05, 0.1) is 13.2 Å². The van der Waals surface area contributed by atoms with Crippen molar-refractivity contribution in [3.8, 4) is 0 Å². The molecule has 0 fully saturated rings. The van der Waals surface area contributed by atoms with Crippen LogP contribution in [0.2, 0.25) is 0 Å². The summed E-state index contributed by atoms with van der Waals surface area (Å²) < 4.78 is 0. The lowest BCUT2D eigenvalue weighted by Gasteiger charge is -2.05. The zero-order valence-corrected chi connectivity index (χ0v) is 5.79. The molecule has 1 N–H and O–H groups in total. The molecule has 1 aliphatic heterocycles. The van der Waals surface area contributed by atoms with E-state index in [1.54, 1.807) is 0 Å². The second-order valence-electron chi connectivity index (χ2n) is 2.28. The van der Waals surface area contributed by atoms with Crippen LogP contribution in [0.25, 0.3) is 0 Å². The Morgan fingerprint density at radius 2 is 2.50 bits per heavy atom. The Balaban J connectivity index is 2.76. The third-order valence-electron chi connectivity index (χ3n) is 1.33. The molecule has 0 saturated carbocycles. The number of allylic oxidation sites excluding steroid dienone is 1. The second kappa shape index (κ2) is 2.75. The van der Waals surface area contributed by atoms with Crippen molar-refractivity contribution in [3.63, 3.8) is 0 Å². The molecular weight excluding hydrogens is 130 g/mol. The van der Waals surface area contributed by atoms with Gasteiger partial charge in [0, 0.05) is 0 Å². The third kappa shape index (κ3) is 1.30. The van der Waals surface area contributed by atoms with Crippen molar-refractivity contribution in [2.75, 3.05) is 13.2 Å². The summed E-state index contributed by atoms with van der Waals surface area (Å²) in [4.78, 5) is 14.7. The number of dihydropyridines is 1. The van der Waals surface area contributed by atoms with E-state index in [0.717, 1.165) is 5.57 Å². The number of aliphatic imine (C=N–C) groups is 1. The first-order chi connectivity index (χ1) is 4.74. The topological polar surface area (TPSA) is 49.7 Å². The van der Waals surface area contributed by atoms with E-state index in [2.05, 4.69) is 4.99 Å². The standard InChI is InChI=1S/C7H9NO2/c1-5-2-7(10)6(4-9)8-3-5/h2,9H,3-4H2,1H3. The highest BCUT2D eigenvalue weighted by atomic mass is 16.3. The van der Waals surface area contributed by atoms with Crippen LogP contribution in [-0.4, -0.2) is 29.8 Å². The van der Waals surface area contributed by atoms with E-state index < -0.39 is 0 Å².